The Morgan fingerprint density at radius 2 is 1.94 bits per heavy atom. The van der Waals surface area contributed by atoms with Crippen LogP contribution in [0.5, 0.6) is 11.5 Å². The highest BCUT2D eigenvalue weighted by Crippen LogP contribution is 2.39. The Balaban J connectivity index is 1.79. The molecule has 0 aliphatic carbocycles. The normalized spacial score (nSPS) is 14.9. The minimum absolute atomic E-state index is 0.0206. The molecule has 1 unspecified atom stereocenters. The summed E-state index contributed by atoms with van der Waals surface area (Å²) >= 11 is 3.37. The zero-order chi connectivity index (χ0) is 25.6. The molecule has 1 heterocycles. The van der Waals surface area contributed by atoms with E-state index >= 15 is 0 Å². The zero-order valence-corrected chi connectivity index (χ0v) is 22.3. The van der Waals surface area contributed by atoms with Gasteiger partial charge >= 0.3 is 6.03 Å². The van der Waals surface area contributed by atoms with Gasteiger partial charge in [-0.05, 0) is 73.6 Å². The molecule has 1 aliphatic rings. The molecular formula is C24H30BrN3O6S. The summed E-state index contributed by atoms with van der Waals surface area (Å²) in [5.41, 5.74) is 1.74. The standard InChI is InChI=1S/C24H30BrN3O6S/c1-4-15-12-21-18(14-22(15)35(31,32)28-24(30)26-5-2)16(9-11-34-21)8-10-27-23(29)19-13-17(25)6-7-20(19)33-3/h6-7,12-14,16H,4-5,8-11H2,1-3H3,(H,27,29)(H2,26,28,30). The number of benzene rings is 2. The molecule has 3 N–H and O–H groups in total. The quantitative estimate of drug-likeness (QED) is 0.424. The van der Waals surface area contributed by atoms with Crippen LogP contribution in [0.2, 0.25) is 0 Å². The third-order valence-corrected chi connectivity index (χ3v) is 7.68. The number of fused-ring (bicyclic) bond motifs is 1. The molecule has 0 spiro atoms. The number of amides is 3. The van der Waals surface area contributed by atoms with Crippen molar-refractivity contribution >= 4 is 37.9 Å². The summed E-state index contributed by atoms with van der Waals surface area (Å²) < 4.78 is 39.8. The first-order chi connectivity index (χ1) is 16.7. The van der Waals surface area contributed by atoms with Gasteiger partial charge in [0.05, 0.1) is 24.2 Å². The lowest BCUT2D eigenvalue weighted by atomic mass is 9.89. The van der Waals surface area contributed by atoms with Gasteiger partial charge in [0.1, 0.15) is 11.5 Å². The molecule has 1 atom stereocenters. The van der Waals surface area contributed by atoms with Crippen molar-refractivity contribution in [2.75, 3.05) is 26.8 Å². The Morgan fingerprint density at radius 1 is 1.17 bits per heavy atom. The largest absolute Gasteiger partial charge is 0.496 e. The maximum atomic E-state index is 13.0. The fraction of sp³-hybridized carbons (Fsp3) is 0.417. The molecule has 190 valence electrons. The second-order valence-corrected chi connectivity index (χ2v) is 10.6. The smallest absolute Gasteiger partial charge is 0.328 e. The van der Waals surface area contributed by atoms with E-state index in [1.807, 2.05) is 6.92 Å². The number of rotatable bonds is 9. The van der Waals surface area contributed by atoms with Crippen LogP contribution in [0, 0.1) is 0 Å². The number of hydrogen-bond donors (Lipinski definition) is 3. The van der Waals surface area contributed by atoms with Crippen molar-refractivity contribution in [2.24, 2.45) is 0 Å². The number of methoxy groups -OCH3 is 1. The summed E-state index contributed by atoms with van der Waals surface area (Å²) in [4.78, 5) is 24.7. The summed E-state index contributed by atoms with van der Waals surface area (Å²) in [5, 5.41) is 5.36. The van der Waals surface area contributed by atoms with Crippen LogP contribution < -0.4 is 24.8 Å². The lowest BCUT2D eigenvalue weighted by Gasteiger charge is -2.27. The van der Waals surface area contributed by atoms with Gasteiger partial charge in [-0.1, -0.05) is 22.9 Å². The van der Waals surface area contributed by atoms with E-state index in [0.717, 1.165) is 10.0 Å². The third kappa shape index (κ3) is 6.46. The van der Waals surface area contributed by atoms with E-state index in [2.05, 4.69) is 31.3 Å². The van der Waals surface area contributed by atoms with Gasteiger partial charge in [0.15, 0.2) is 0 Å². The average molecular weight is 568 g/mol. The molecule has 0 aromatic heterocycles. The van der Waals surface area contributed by atoms with E-state index in [0.29, 0.717) is 61.6 Å². The molecule has 2 aromatic carbocycles. The summed E-state index contributed by atoms with van der Waals surface area (Å²) in [6.07, 6.45) is 1.72. The van der Waals surface area contributed by atoms with Gasteiger partial charge in [0.25, 0.3) is 15.9 Å². The number of ether oxygens (including phenoxy) is 2. The number of aryl methyl sites for hydroxylation is 1. The second kappa shape index (κ2) is 11.8. The van der Waals surface area contributed by atoms with Crippen LogP contribution >= 0.6 is 15.9 Å². The fourth-order valence-corrected chi connectivity index (χ4v) is 5.66. The first kappa shape index (κ1) is 26.8. The van der Waals surface area contributed by atoms with Crippen LogP contribution in [0.3, 0.4) is 0 Å². The summed E-state index contributed by atoms with van der Waals surface area (Å²) in [6.45, 7) is 4.74. The zero-order valence-electron chi connectivity index (χ0n) is 19.9. The van der Waals surface area contributed by atoms with Crippen molar-refractivity contribution in [1.82, 2.24) is 15.4 Å². The Hall–Kier alpha value is -2.79. The van der Waals surface area contributed by atoms with Gasteiger partial charge in [-0.25, -0.2) is 17.9 Å². The van der Waals surface area contributed by atoms with E-state index in [4.69, 9.17) is 9.47 Å². The van der Waals surface area contributed by atoms with Gasteiger partial charge in [-0.15, -0.1) is 0 Å². The molecule has 3 amide bonds. The maximum Gasteiger partial charge on any atom is 0.328 e. The lowest BCUT2D eigenvalue weighted by Crippen LogP contribution is -2.39. The highest BCUT2D eigenvalue weighted by atomic mass is 79.9. The molecule has 0 saturated carbocycles. The number of carbonyl (C=O) groups excluding carboxylic acids is 2. The maximum absolute atomic E-state index is 13.0. The SMILES string of the molecule is CCNC(=O)NS(=O)(=O)c1cc2c(cc1CC)OCCC2CCNC(=O)c1cc(Br)ccc1OC. The van der Waals surface area contributed by atoms with Crippen molar-refractivity contribution in [3.63, 3.8) is 0 Å². The predicted molar refractivity (Wildman–Crippen MR) is 136 cm³/mol. The fourth-order valence-electron chi connectivity index (χ4n) is 4.04. The van der Waals surface area contributed by atoms with Crippen LogP contribution in [-0.2, 0) is 16.4 Å². The highest BCUT2D eigenvalue weighted by molar-refractivity contribution is 9.10. The molecule has 1 aliphatic heterocycles. The third-order valence-electron chi connectivity index (χ3n) is 5.78. The molecule has 0 fully saturated rings. The van der Waals surface area contributed by atoms with Gasteiger partial charge in [-0.3, -0.25) is 4.79 Å². The van der Waals surface area contributed by atoms with E-state index in [-0.39, 0.29) is 16.7 Å². The number of sulfonamides is 1. The first-order valence-electron chi connectivity index (χ1n) is 11.4. The Labute approximate surface area is 214 Å². The van der Waals surface area contributed by atoms with Crippen LogP contribution in [0.4, 0.5) is 4.79 Å². The molecule has 35 heavy (non-hydrogen) atoms. The number of urea groups is 1. The van der Waals surface area contributed by atoms with Gasteiger partial charge in [0.2, 0.25) is 0 Å². The van der Waals surface area contributed by atoms with Crippen molar-refractivity contribution < 1.29 is 27.5 Å². The Morgan fingerprint density at radius 3 is 2.63 bits per heavy atom. The second-order valence-electron chi connectivity index (χ2n) is 8.04. The van der Waals surface area contributed by atoms with Crippen molar-refractivity contribution in [1.29, 1.82) is 0 Å². The number of nitrogens with one attached hydrogen (secondary N) is 3. The molecule has 3 rings (SSSR count). The molecule has 0 bridgehead atoms. The topological polar surface area (TPSA) is 123 Å². The number of halogens is 1. The minimum Gasteiger partial charge on any atom is -0.496 e. The van der Waals surface area contributed by atoms with Crippen LogP contribution in [0.15, 0.2) is 39.7 Å². The lowest BCUT2D eigenvalue weighted by molar-refractivity contribution is 0.0948. The molecule has 9 nitrogen and oxygen atoms in total. The Bertz CT molecular complexity index is 1200. The van der Waals surface area contributed by atoms with E-state index in [9.17, 15) is 18.0 Å². The van der Waals surface area contributed by atoms with Gasteiger partial charge < -0.3 is 20.1 Å². The first-order valence-corrected chi connectivity index (χ1v) is 13.7. The summed E-state index contributed by atoms with van der Waals surface area (Å²) in [7, 11) is -2.56. The molecule has 11 heteroatoms. The van der Waals surface area contributed by atoms with E-state index in [1.54, 1.807) is 37.3 Å². The number of carbonyl (C=O) groups is 2. The molecular weight excluding hydrogens is 538 g/mol. The summed E-state index contributed by atoms with van der Waals surface area (Å²) in [5.74, 6) is 0.831. The minimum atomic E-state index is -4.07. The molecule has 2 aromatic rings. The predicted octanol–water partition coefficient (Wildman–Crippen LogP) is 3.71. The average Bonchev–Trinajstić information content (AvgIpc) is 2.83. The van der Waals surface area contributed by atoms with Gasteiger partial charge in [-0.2, -0.15) is 0 Å². The molecule has 0 radical (unpaired) electrons. The molecule has 0 saturated heterocycles. The highest BCUT2D eigenvalue weighted by Gasteiger charge is 2.28. The van der Waals surface area contributed by atoms with Crippen molar-refractivity contribution in [3.05, 3.63) is 51.5 Å². The van der Waals surface area contributed by atoms with Crippen LogP contribution in [0.25, 0.3) is 0 Å². The van der Waals surface area contributed by atoms with E-state index in [1.165, 1.54) is 7.11 Å². The number of hydrogen-bond acceptors (Lipinski definition) is 6. The van der Waals surface area contributed by atoms with Crippen LogP contribution in [0.1, 0.15) is 54.1 Å². The van der Waals surface area contributed by atoms with E-state index < -0.39 is 16.1 Å². The van der Waals surface area contributed by atoms with Crippen LogP contribution in [-0.4, -0.2) is 47.2 Å². The monoisotopic (exact) mass is 567 g/mol. The Kier molecular flexibility index (Phi) is 9.01. The van der Waals surface area contributed by atoms with Crippen molar-refractivity contribution in [3.8, 4) is 11.5 Å². The van der Waals surface area contributed by atoms with Gasteiger partial charge in [0, 0.05) is 17.6 Å². The van der Waals surface area contributed by atoms with Crippen molar-refractivity contribution in [2.45, 2.75) is 43.9 Å². The summed E-state index contributed by atoms with van der Waals surface area (Å²) in [6, 6.07) is 7.77.